The van der Waals surface area contributed by atoms with Crippen molar-refractivity contribution >= 4 is 0 Å². The topological polar surface area (TPSA) is 69.6 Å². The van der Waals surface area contributed by atoms with Crippen molar-refractivity contribution < 1.29 is 4.52 Å². The van der Waals surface area contributed by atoms with Crippen LogP contribution in [0, 0.1) is 18.8 Å². The highest BCUT2D eigenvalue weighted by Gasteiger charge is 2.61. The lowest BCUT2D eigenvalue weighted by atomic mass is 9.47. The molecule has 6 heteroatoms. The largest absolute Gasteiger partial charge is 0.339 e. The lowest BCUT2D eigenvalue weighted by molar-refractivity contribution is -0.0786. The van der Waals surface area contributed by atoms with Crippen LogP contribution in [0.3, 0.4) is 0 Å². The summed E-state index contributed by atoms with van der Waals surface area (Å²) in [5, 5.41) is 8.51. The molecule has 4 aliphatic rings. The van der Waals surface area contributed by atoms with Gasteiger partial charge in [-0.25, -0.2) is 9.67 Å². The number of nitrogens with zero attached hydrogens (tertiary/aromatic N) is 5. The second-order valence-corrected chi connectivity index (χ2v) is 7.45. The zero-order chi connectivity index (χ0) is 14.1. The summed E-state index contributed by atoms with van der Waals surface area (Å²) in [5.74, 6) is 3.11. The van der Waals surface area contributed by atoms with Gasteiger partial charge in [0.05, 0.1) is 11.0 Å². The standard InChI is InChI=1S/C15H19N5O/c1-10-18-13(21-19-10)14-3-11-2-12(4-14)6-15(5-11,7-14)20-9-16-8-17-20/h8-9,11-12H,2-7H2,1H3/t11-,12-,14?,15?/m0/s1. The monoisotopic (exact) mass is 285 g/mol. The fraction of sp³-hybridized carbons (Fsp3) is 0.733. The molecule has 6 nitrogen and oxygen atoms in total. The summed E-state index contributed by atoms with van der Waals surface area (Å²) in [6.07, 6.45) is 10.8. The summed E-state index contributed by atoms with van der Waals surface area (Å²) in [7, 11) is 0. The number of aromatic nitrogens is 5. The van der Waals surface area contributed by atoms with Crippen molar-refractivity contribution in [2.24, 2.45) is 11.8 Å². The average Bonchev–Trinajstić information content (AvgIpc) is 3.08. The maximum absolute atomic E-state index is 5.61. The first-order valence-corrected chi connectivity index (χ1v) is 7.83. The van der Waals surface area contributed by atoms with Crippen LogP contribution in [0.2, 0.25) is 0 Å². The molecule has 2 aromatic heterocycles. The van der Waals surface area contributed by atoms with Crippen molar-refractivity contribution in [3.05, 3.63) is 24.4 Å². The quantitative estimate of drug-likeness (QED) is 0.846. The number of aryl methyl sites for hydroxylation is 1. The molecule has 0 radical (unpaired) electrons. The van der Waals surface area contributed by atoms with Gasteiger partial charge in [-0.2, -0.15) is 10.1 Å². The Balaban J connectivity index is 1.63. The first-order chi connectivity index (χ1) is 10.2. The van der Waals surface area contributed by atoms with Gasteiger partial charge in [-0.3, -0.25) is 0 Å². The molecule has 4 aliphatic carbocycles. The Labute approximate surface area is 122 Å². The summed E-state index contributed by atoms with van der Waals surface area (Å²) in [6, 6.07) is 0. The van der Waals surface area contributed by atoms with Crippen molar-refractivity contribution in [1.29, 1.82) is 0 Å². The summed E-state index contributed by atoms with van der Waals surface area (Å²) in [6.45, 7) is 1.90. The second kappa shape index (κ2) is 3.72. The molecule has 2 aromatic rings. The van der Waals surface area contributed by atoms with Gasteiger partial charge < -0.3 is 4.52 Å². The first-order valence-electron chi connectivity index (χ1n) is 7.83. The minimum atomic E-state index is 0.0668. The highest BCUT2D eigenvalue weighted by molar-refractivity contribution is 5.19. The molecule has 0 spiro atoms. The van der Waals surface area contributed by atoms with Crippen molar-refractivity contribution in [2.45, 2.75) is 56.4 Å². The van der Waals surface area contributed by atoms with E-state index in [9.17, 15) is 0 Å². The second-order valence-electron chi connectivity index (χ2n) is 7.45. The summed E-state index contributed by atoms with van der Waals surface area (Å²) >= 11 is 0. The molecule has 0 aliphatic heterocycles. The lowest BCUT2D eigenvalue weighted by Gasteiger charge is -2.60. The highest BCUT2D eigenvalue weighted by atomic mass is 16.5. The van der Waals surface area contributed by atoms with Crippen LogP contribution >= 0.6 is 0 Å². The van der Waals surface area contributed by atoms with E-state index in [2.05, 4.69) is 24.9 Å². The van der Waals surface area contributed by atoms with Gasteiger partial charge in [-0.1, -0.05) is 5.16 Å². The number of hydrogen-bond acceptors (Lipinski definition) is 5. The summed E-state index contributed by atoms with van der Waals surface area (Å²) in [5.41, 5.74) is 0.181. The minimum absolute atomic E-state index is 0.0668. The predicted molar refractivity (Wildman–Crippen MR) is 73.4 cm³/mol. The van der Waals surface area contributed by atoms with Crippen LogP contribution in [0.4, 0.5) is 0 Å². The van der Waals surface area contributed by atoms with Gasteiger partial charge >= 0.3 is 0 Å². The van der Waals surface area contributed by atoms with E-state index < -0.39 is 0 Å². The molecular weight excluding hydrogens is 266 g/mol. The normalized spacial score (nSPS) is 40.8. The van der Waals surface area contributed by atoms with Crippen LogP contribution < -0.4 is 0 Å². The SMILES string of the molecule is Cc1noc(C23C[C@@H]4C[C@@H](C2)CC(n2cncn2)(C4)C3)n1. The third-order valence-electron chi connectivity index (χ3n) is 5.92. The van der Waals surface area contributed by atoms with E-state index in [1.54, 1.807) is 6.33 Å². The fourth-order valence-corrected chi connectivity index (χ4v) is 5.70. The maximum Gasteiger partial charge on any atom is 0.232 e. The van der Waals surface area contributed by atoms with E-state index in [0.29, 0.717) is 0 Å². The molecule has 0 saturated heterocycles. The van der Waals surface area contributed by atoms with Crippen LogP contribution in [0.5, 0.6) is 0 Å². The first kappa shape index (κ1) is 11.9. The Morgan fingerprint density at radius 3 is 2.67 bits per heavy atom. The van der Waals surface area contributed by atoms with E-state index in [-0.39, 0.29) is 11.0 Å². The van der Waals surface area contributed by atoms with Crippen molar-refractivity contribution in [3.8, 4) is 0 Å². The predicted octanol–water partition coefficient (Wildman–Crippen LogP) is 2.22. The molecule has 21 heavy (non-hydrogen) atoms. The van der Waals surface area contributed by atoms with Gasteiger partial charge in [-0.15, -0.1) is 0 Å². The van der Waals surface area contributed by atoms with Crippen molar-refractivity contribution in [2.75, 3.05) is 0 Å². The van der Waals surface area contributed by atoms with Crippen LogP contribution in [0.1, 0.15) is 50.2 Å². The fourth-order valence-electron chi connectivity index (χ4n) is 5.70. The van der Waals surface area contributed by atoms with E-state index in [4.69, 9.17) is 4.52 Å². The Morgan fingerprint density at radius 1 is 1.24 bits per heavy atom. The zero-order valence-corrected chi connectivity index (χ0v) is 12.2. The van der Waals surface area contributed by atoms with Crippen molar-refractivity contribution in [1.82, 2.24) is 24.9 Å². The summed E-state index contributed by atoms with van der Waals surface area (Å²) < 4.78 is 7.72. The van der Waals surface area contributed by atoms with E-state index in [0.717, 1.165) is 30.0 Å². The van der Waals surface area contributed by atoms with Crippen LogP contribution in [0.25, 0.3) is 0 Å². The zero-order valence-electron chi connectivity index (χ0n) is 12.2. The molecule has 110 valence electrons. The maximum atomic E-state index is 5.61. The molecule has 0 N–H and O–H groups in total. The Bertz CT molecular complexity index is 662. The van der Waals surface area contributed by atoms with Crippen LogP contribution in [0.15, 0.2) is 17.2 Å². The number of hydrogen-bond donors (Lipinski definition) is 0. The third-order valence-corrected chi connectivity index (χ3v) is 5.92. The van der Waals surface area contributed by atoms with Crippen molar-refractivity contribution in [3.63, 3.8) is 0 Å². The Morgan fingerprint density at radius 2 is 2.05 bits per heavy atom. The van der Waals surface area contributed by atoms with Gasteiger partial charge in [0.15, 0.2) is 5.82 Å². The molecule has 4 bridgehead atoms. The van der Waals surface area contributed by atoms with Gasteiger partial charge in [0.25, 0.3) is 0 Å². The van der Waals surface area contributed by atoms with Gasteiger partial charge in [0, 0.05) is 0 Å². The molecule has 0 unspecified atom stereocenters. The van der Waals surface area contributed by atoms with E-state index >= 15 is 0 Å². The molecular formula is C15H19N5O. The molecule has 6 rings (SSSR count). The van der Waals surface area contributed by atoms with Crippen LogP contribution in [-0.4, -0.2) is 24.9 Å². The average molecular weight is 285 g/mol. The third kappa shape index (κ3) is 1.53. The molecule has 0 amide bonds. The van der Waals surface area contributed by atoms with Crippen LogP contribution in [-0.2, 0) is 11.0 Å². The van der Waals surface area contributed by atoms with Gasteiger partial charge in [-0.05, 0) is 57.3 Å². The molecule has 2 heterocycles. The lowest BCUT2D eigenvalue weighted by Crippen LogP contribution is -2.58. The highest BCUT2D eigenvalue weighted by Crippen LogP contribution is 2.64. The minimum Gasteiger partial charge on any atom is -0.339 e. The Kier molecular flexibility index (Phi) is 2.11. The van der Waals surface area contributed by atoms with Gasteiger partial charge in [0.1, 0.15) is 12.7 Å². The van der Waals surface area contributed by atoms with E-state index in [1.165, 1.54) is 32.1 Å². The Hall–Kier alpha value is -1.72. The molecule has 4 fully saturated rings. The summed E-state index contributed by atoms with van der Waals surface area (Å²) in [4.78, 5) is 8.77. The molecule has 4 saturated carbocycles. The van der Waals surface area contributed by atoms with E-state index in [1.807, 2.05) is 13.3 Å². The number of rotatable bonds is 2. The molecule has 2 atom stereocenters. The van der Waals surface area contributed by atoms with Gasteiger partial charge in [0.2, 0.25) is 5.89 Å². The molecule has 0 aromatic carbocycles. The smallest absolute Gasteiger partial charge is 0.232 e.